The van der Waals surface area contributed by atoms with Gasteiger partial charge in [0.2, 0.25) is 5.28 Å². The second-order valence-corrected chi connectivity index (χ2v) is 4.65. The normalized spacial score (nSPS) is 16.4. The number of hydrogen-bond acceptors (Lipinski definition) is 6. The average molecular weight is 282 g/mol. The van der Waals surface area contributed by atoms with Crippen molar-refractivity contribution in [2.45, 2.75) is 0 Å². The lowest BCUT2D eigenvalue weighted by molar-refractivity contribution is 0.144. The highest BCUT2D eigenvalue weighted by atomic mass is 35.5. The van der Waals surface area contributed by atoms with Crippen molar-refractivity contribution < 1.29 is 4.74 Å². The van der Waals surface area contributed by atoms with Gasteiger partial charge in [0, 0.05) is 39.8 Å². The van der Waals surface area contributed by atoms with E-state index in [2.05, 4.69) is 25.8 Å². The summed E-state index contributed by atoms with van der Waals surface area (Å²) in [6, 6.07) is 2.11. The molecule has 19 heavy (non-hydrogen) atoms. The standard InChI is InChI=1S/C12H16ClN5O/c1-19-7-6-17-2-4-18(5-3-17)11-10(8-14)9-15-12(13)16-11/h9H,2-7H2,1H3. The van der Waals surface area contributed by atoms with Crippen molar-refractivity contribution in [2.24, 2.45) is 0 Å². The Bertz CT molecular complexity index is 468. The first-order valence-corrected chi connectivity index (χ1v) is 6.51. The Balaban J connectivity index is 2.01. The second kappa shape index (κ2) is 6.66. The van der Waals surface area contributed by atoms with Crippen LogP contribution in [0, 0.1) is 11.3 Å². The fourth-order valence-corrected chi connectivity index (χ4v) is 2.20. The molecule has 0 spiro atoms. The van der Waals surface area contributed by atoms with Crippen LogP contribution in [0.15, 0.2) is 6.20 Å². The third-order valence-corrected chi connectivity index (χ3v) is 3.33. The van der Waals surface area contributed by atoms with Crippen LogP contribution in [0.1, 0.15) is 5.56 Å². The fraction of sp³-hybridized carbons (Fsp3) is 0.583. The number of nitriles is 1. The van der Waals surface area contributed by atoms with Crippen molar-refractivity contribution in [3.8, 4) is 6.07 Å². The third-order valence-electron chi connectivity index (χ3n) is 3.14. The van der Waals surface area contributed by atoms with Gasteiger partial charge in [0.25, 0.3) is 0 Å². The van der Waals surface area contributed by atoms with E-state index in [1.807, 2.05) is 0 Å². The Morgan fingerprint density at radius 1 is 1.42 bits per heavy atom. The highest BCUT2D eigenvalue weighted by Crippen LogP contribution is 2.19. The topological polar surface area (TPSA) is 65.3 Å². The van der Waals surface area contributed by atoms with Crippen molar-refractivity contribution in [3.63, 3.8) is 0 Å². The van der Waals surface area contributed by atoms with Gasteiger partial charge in [-0.25, -0.2) is 4.98 Å². The zero-order valence-electron chi connectivity index (χ0n) is 10.8. The number of anilines is 1. The van der Waals surface area contributed by atoms with Crippen LogP contribution in [-0.4, -0.2) is 61.3 Å². The predicted molar refractivity (Wildman–Crippen MR) is 72.3 cm³/mol. The van der Waals surface area contributed by atoms with Gasteiger partial charge in [0.15, 0.2) is 5.82 Å². The average Bonchev–Trinajstić information content (AvgIpc) is 2.45. The number of nitrogens with zero attached hydrogens (tertiary/aromatic N) is 5. The molecule has 0 aliphatic carbocycles. The van der Waals surface area contributed by atoms with Crippen LogP contribution >= 0.6 is 11.6 Å². The molecule has 2 heterocycles. The minimum atomic E-state index is 0.177. The summed E-state index contributed by atoms with van der Waals surface area (Å²) in [5, 5.41) is 9.26. The van der Waals surface area contributed by atoms with E-state index in [1.165, 1.54) is 6.20 Å². The summed E-state index contributed by atoms with van der Waals surface area (Å²) in [6.07, 6.45) is 1.47. The molecule has 1 aliphatic heterocycles. The molecule has 7 heteroatoms. The highest BCUT2D eigenvalue weighted by molar-refractivity contribution is 6.28. The number of ether oxygens (including phenoxy) is 1. The second-order valence-electron chi connectivity index (χ2n) is 4.31. The quantitative estimate of drug-likeness (QED) is 0.760. The molecule has 1 aromatic rings. The molecule has 0 radical (unpaired) electrons. The van der Waals surface area contributed by atoms with Gasteiger partial charge >= 0.3 is 0 Å². The van der Waals surface area contributed by atoms with E-state index in [-0.39, 0.29) is 5.28 Å². The molecule has 0 unspecified atom stereocenters. The molecular formula is C12H16ClN5O. The van der Waals surface area contributed by atoms with Crippen molar-refractivity contribution in [1.29, 1.82) is 5.26 Å². The highest BCUT2D eigenvalue weighted by Gasteiger charge is 2.20. The number of hydrogen-bond donors (Lipinski definition) is 0. The molecule has 102 valence electrons. The van der Waals surface area contributed by atoms with Crippen LogP contribution < -0.4 is 4.90 Å². The summed E-state index contributed by atoms with van der Waals surface area (Å²) in [6.45, 7) is 5.17. The van der Waals surface area contributed by atoms with Gasteiger partial charge in [-0.05, 0) is 11.6 Å². The maximum absolute atomic E-state index is 9.08. The van der Waals surface area contributed by atoms with Crippen LogP contribution in [0.2, 0.25) is 5.28 Å². The molecule has 2 rings (SSSR count). The largest absolute Gasteiger partial charge is 0.383 e. The van der Waals surface area contributed by atoms with Gasteiger partial charge in [-0.3, -0.25) is 4.90 Å². The van der Waals surface area contributed by atoms with E-state index in [0.717, 1.165) is 39.3 Å². The predicted octanol–water partition coefficient (Wildman–Crippen LogP) is 0.770. The van der Waals surface area contributed by atoms with E-state index in [0.29, 0.717) is 11.4 Å². The summed E-state index contributed by atoms with van der Waals surface area (Å²) in [7, 11) is 1.71. The molecule has 1 aliphatic rings. The maximum atomic E-state index is 9.08. The fourth-order valence-electron chi connectivity index (χ4n) is 2.08. The smallest absolute Gasteiger partial charge is 0.224 e. The zero-order chi connectivity index (χ0) is 13.7. The van der Waals surface area contributed by atoms with E-state index in [9.17, 15) is 0 Å². The first-order chi connectivity index (χ1) is 9.24. The van der Waals surface area contributed by atoms with E-state index in [1.54, 1.807) is 7.11 Å². The molecule has 0 N–H and O–H groups in total. The molecule has 6 nitrogen and oxygen atoms in total. The minimum absolute atomic E-state index is 0.177. The molecule has 0 amide bonds. The summed E-state index contributed by atoms with van der Waals surface area (Å²) in [4.78, 5) is 12.4. The lowest BCUT2D eigenvalue weighted by Gasteiger charge is -2.35. The van der Waals surface area contributed by atoms with Gasteiger partial charge in [-0.1, -0.05) is 0 Å². The van der Waals surface area contributed by atoms with Crippen LogP contribution in [0.25, 0.3) is 0 Å². The van der Waals surface area contributed by atoms with E-state index < -0.39 is 0 Å². The Morgan fingerprint density at radius 2 is 2.16 bits per heavy atom. The summed E-state index contributed by atoms with van der Waals surface area (Å²) < 4.78 is 5.07. The van der Waals surface area contributed by atoms with Crippen molar-refractivity contribution >= 4 is 17.4 Å². The number of piperazine rings is 1. The SMILES string of the molecule is COCCN1CCN(c2nc(Cl)ncc2C#N)CC1. The van der Waals surface area contributed by atoms with Crippen molar-refractivity contribution in [1.82, 2.24) is 14.9 Å². The van der Waals surface area contributed by atoms with Crippen molar-refractivity contribution in [3.05, 3.63) is 17.0 Å². The van der Waals surface area contributed by atoms with Crippen LogP contribution in [0.4, 0.5) is 5.82 Å². The van der Waals surface area contributed by atoms with Gasteiger partial charge in [0.1, 0.15) is 11.6 Å². The molecule has 0 atom stereocenters. The van der Waals surface area contributed by atoms with Crippen molar-refractivity contribution in [2.75, 3.05) is 51.3 Å². The van der Waals surface area contributed by atoms with E-state index in [4.69, 9.17) is 21.6 Å². The monoisotopic (exact) mass is 281 g/mol. The molecule has 0 bridgehead atoms. The lowest BCUT2D eigenvalue weighted by atomic mass is 10.2. The van der Waals surface area contributed by atoms with Crippen LogP contribution in [0.3, 0.4) is 0 Å². The first-order valence-electron chi connectivity index (χ1n) is 6.13. The maximum Gasteiger partial charge on any atom is 0.224 e. The zero-order valence-corrected chi connectivity index (χ0v) is 11.6. The van der Waals surface area contributed by atoms with Gasteiger partial charge in [-0.15, -0.1) is 0 Å². The third kappa shape index (κ3) is 3.53. The van der Waals surface area contributed by atoms with Crippen LogP contribution in [0.5, 0.6) is 0 Å². The first kappa shape index (κ1) is 14.0. The Hall–Kier alpha value is -1.42. The van der Waals surface area contributed by atoms with Crippen LogP contribution in [-0.2, 0) is 4.74 Å². The summed E-state index contributed by atoms with van der Waals surface area (Å²) in [5.41, 5.74) is 0.467. The van der Waals surface area contributed by atoms with E-state index >= 15 is 0 Å². The Labute approximate surface area is 117 Å². The van der Waals surface area contributed by atoms with Gasteiger partial charge in [-0.2, -0.15) is 10.2 Å². The Kier molecular flexibility index (Phi) is 4.91. The summed E-state index contributed by atoms with van der Waals surface area (Å²) in [5.74, 6) is 0.633. The minimum Gasteiger partial charge on any atom is -0.383 e. The Morgan fingerprint density at radius 3 is 2.79 bits per heavy atom. The number of rotatable bonds is 4. The molecule has 0 aromatic carbocycles. The number of halogens is 1. The van der Waals surface area contributed by atoms with Gasteiger partial charge < -0.3 is 9.64 Å². The molecule has 1 aromatic heterocycles. The molecule has 1 fully saturated rings. The molecule has 0 saturated carbocycles. The molecule has 1 saturated heterocycles. The molecular weight excluding hydrogens is 266 g/mol. The number of methoxy groups -OCH3 is 1. The summed E-state index contributed by atoms with van der Waals surface area (Å²) >= 11 is 5.80. The lowest BCUT2D eigenvalue weighted by Crippen LogP contribution is -2.47. The number of aromatic nitrogens is 2. The van der Waals surface area contributed by atoms with Gasteiger partial charge in [0.05, 0.1) is 12.8 Å².